The highest BCUT2D eigenvalue weighted by atomic mass is 19.1. The third kappa shape index (κ3) is 6.27. The number of hydrogen-bond donors (Lipinski definition) is 3. The van der Waals surface area contributed by atoms with E-state index in [1.807, 2.05) is 24.3 Å². The summed E-state index contributed by atoms with van der Waals surface area (Å²) in [5.74, 6) is -0.827. The number of anilines is 3. The van der Waals surface area contributed by atoms with E-state index < -0.39 is 0 Å². The van der Waals surface area contributed by atoms with Gasteiger partial charge in [-0.3, -0.25) is 9.59 Å². The summed E-state index contributed by atoms with van der Waals surface area (Å²) in [4.78, 5) is 27.4. The summed E-state index contributed by atoms with van der Waals surface area (Å²) >= 11 is 0. The summed E-state index contributed by atoms with van der Waals surface area (Å²) in [6, 6.07) is 12.2. The molecule has 0 bridgehead atoms. The molecule has 1 saturated heterocycles. The second kappa shape index (κ2) is 10.2. The lowest BCUT2D eigenvalue weighted by Crippen LogP contribution is -3.11. The maximum atomic E-state index is 13.6. The molecule has 8 heteroatoms. The van der Waals surface area contributed by atoms with Gasteiger partial charge in [-0.05, 0) is 48.9 Å². The zero-order valence-corrected chi connectivity index (χ0v) is 17.3. The van der Waals surface area contributed by atoms with Gasteiger partial charge in [-0.15, -0.1) is 0 Å². The predicted octanol–water partition coefficient (Wildman–Crippen LogP) is 1.06. The zero-order chi connectivity index (χ0) is 21.5. The molecule has 160 valence electrons. The fourth-order valence-corrected chi connectivity index (χ4v) is 3.27. The topological polar surface area (TPSA) is 75.1 Å². The Morgan fingerprint density at radius 1 is 1.00 bits per heavy atom. The average molecular weight is 415 g/mol. The van der Waals surface area contributed by atoms with Crippen molar-refractivity contribution in [2.24, 2.45) is 0 Å². The van der Waals surface area contributed by atoms with Crippen LogP contribution in [0.25, 0.3) is 0 Å². The maximum absolute atomic E-state index is 13.6. The maximum Gasteiger partial charge on any atom is 0.279 e. The van der Waals surface area contributed by atoms with Gasteiger partial charge in [0.25, 0.3) is 11.8 Å². The van der Waals surface area contributed by atoms with Gasteiger partial charge in [0, 0.05) is 30.2 Å². The first kappa shape index (κ1) is 21.7. The zero-order valence-electron chi connectivity index (χ0n) is 17.3. The van der Waals surface area contributed by atoms with Crippen LogP contribution in [0.15, 0.2) is 42.5 Å². The van der Waals surface area contributed by atoms with E-state index in [9.17, 15) is 14.0 Å². The van der Waals surface area contributed by atoms with Crippen molar-refractivity contribution in [1.82, 2.24) is 0 Å². The molecular weight excluding hydrogens is 387 g/mol. The van der Waals surface area contributed by atoms with E-state index in [0.717, 1.165) is 36.9 Å². The number of aryl methyl sites for hydroxylation is 1. The van der Waals surface area contributed by atoms with Crippen LogP contribution in [0.1, 0.15) is 5.56 Å². The third-order valence-corrected chi connectivity index (χ3v) is 4.91. The molecule has 1 fully saturated rings. The number of benzene rings is 2. The first-order valence-electron chi connectivity index (χ1n) is 10.0. The Kier molecular flexibility index (Phi) is 7.37. The van der Waals surface area contributed by atoms with E-state index >= 15 is 0 Å². The van der Waals surface area contributed by atoms with Crippen molar-refractivity contribution in [2.75, 3.05) is 62.0 Å². The summed E-state index contributed by atoms with van der Waals surface area (Å²) < 4.78 is 18.9. The molecule has 7 nitrogen and oxygen atoms in total. The molecule has 2 aromatic carbocycles. The predicted molar refractivity (Wildman–Crippen MR) is 114 cm³/mol. The van der Waals surface area contributed by atoms with Gasteiger partial charge in [0.15, 0.2) is 13.1 Å². The molecule has 1 heterocycles. The summed E-state index contributed by atoms with van der Waals surface area (Å²) in [7, 11) is 1.76. The number of ether oxygens (including phenoxy) is 1. The lowest BCUT2D eigenvalue weighted by molar-refractivity contribution is -0.862. The molecule has 3 rings (SSSR count). The first-order valence-corrected chi connectivity index (χ1v) is 10.0. The van der Waals surface area contributed by atoms with Gasteiger partial charge in [0.2, 0.25) is 0 Å². The second-order valence-electron chi connectivity index (χ2n) is 7.52. The van der Waals surface area contributed by atoms with E-state index in [2.05, 4.69) is 15.5 Å². The Bertz CT molecular complexity index is 882. The Morgan fingerprint density at radius 2 is 1.57 bits per heavy atom. The fraction of sp³-hybridized carbons (Fsp3) is 0.364. The molecule has 0 aromatic heterocycles. The minimum atomic E-state index is -0.368. The number of quaternary nitrogens is 1. The summed E-state index contributed by atoms with van der Waals surface area (Å²) in [5, 5.41) is 5.51. The van der Waals surface area contributed by atoms with Crippen LogP contribution >= 0.6 is 0 Å². The number of halogens is 1. The first-order chi connectivity index (χ1) is 14.4. The summed E-state index contributed by atoms with van der Waals surface area (Å²) in [5.41, 5.74) is 2.73. The molecule has 3 N–H and O–H groups in total. The molecule has 0 spiro atoms. The van der Waals surface area contributed by atoms with E-state index in [1.54, 1.807) is 26.1 Å². The number of carbonyl (C=O) groups is 2. The van der Waals surface area contributed by atoms with E-state index in [0.29, 0.717) is 16.9 Å². The number of morpholine rings is 1. The van der Waals surface area contributed by atoms with Gasteiger partial charge >= 0.3 is 0 Å². The number of amides is 2. The molecule has 0 aliphatic carbocycles. The number of nitrogens with one attached hydrogen (secondary N) is 3. The SMILES string of the molecule is Cc1ccc(NC(=O)C[NH+](C)CC(=O)Nc2ccc(N3CCOCC3)cc2)cc1F. The minimum absolute atomic E-state index is 0.0961. The van der Waals surface area contributed by atoms with Crippen molar-refractivity contribution in [3.8, 4) is 0 Å². The average Bonchev–Trinajstić information content (AvgIpc) is 2.71. The summed E-state index contributed by atoms with van der Waals surface area (Å²) in [6.07, 6.45) is 0. The van der Waals surface area contributed by atoms with Crippen LogP contribution in [0.5, 0.6) is 0 Å². The number of likely N-dealkylation sites (N-methyl/N-ethyl adjacent to an activating group) is 1. The largest absolute Gasteiger partial charge is 0.378 e. The van der Waals surface area contributed by atoms with Crippen molar-refractivity contribution >= 4 is 28.9 Å². The van der Waals surface area contributed by atoms with Crippen molar-refractivity contribution < 1.29 is 23.6 Å². The van der Waals surface area contributed by atoms with E-state index in [4.69, 9.17) is 4.74 Å². The molecular formula is C22H28FN4O3+. The monoisotopic (exact) mass is 415 g/mol. The molecule has 1 aliphatic heterocycles. The van der Waals surface area contributed by atoms with Crippen LogP contribution in [0, 0.1) is 12.7 Å². The molecule has 0 radical (unpaired) electrons. The Morgan fingerprint density at radius 3 is 2.17 bits per heavy atom. The highest BCUT2D eigenvalue weighted by Gasteiger charge is 2.16. The van der Waals surface area contributed by atoms with Gasteiger partial charge < -0.3 is 25.2 Å². The Balaban J connectivity index is 1.44. The third-order valence-electron chi connectivity index (χ3n) is 4.91. The molecule has 1 aliphatic rings. The van der Waals surface area contributed by atoms with Gasteiger partial charge in [-0.25, -0.2) is 4.39 Å². The van der Waals surface area contributed by atoms with E-state index in [-0.39, 0.29) is 30.7 Å². The molecule has 1 unspecified atom stereocenters. The van der Waals surface area contributed by atoms with Crippen LogP contribution < -0.4 is 20.4 Å². The molecule has 2 amide bonds. The lowest BCUT2D eigenvalue weighted by Gasteiger charge is -2.28. The lowest BCUT2D eigenvalue weighted by atomic mass is 10.2. The van der Waals surface area contributed by atoms with Crippen LogP contribution in [0.4, 0.5) is 21.5 Å². The summed E-state index contributed by atoms with van der Waals surface area (Å²) in [6.45, 7) is 5.06. The second-order valence-corrected chi connectivity index (χ2v) is 7.52. The smallest absolute Gasteiger partial charge is 0.279 e. The highest BCUT2D eigenvalue weighted by molar-refractivity contribution is 5.93. The molecule has 0 saturated carbocycles. The number of rotatable bonds is 7. The van der Waals surface area contributed by atoms with Crippen molar-refractivity contribution in [3.63, 3.8) is 0 Å². The van der Waals surface area contributed by atoms with Crippen LogP contribution in [0.2, 0.25) is 0 Å². The molecule has 30 heavy (non-hydrogen) atoms. The molecule has 1 atom stereocenters. The van der Waals surface area contributed by atoms with Crippen LogP contribution in [0.3, 0.4) is 0 Å². The number of carbonyl (C=O) groups excluding carboxylic acids is 2. The highest BCUT2D eigenvalue weighted by Crippen LogP contribution is 2.19. The molecule has 2 aromatic rings. The van der Waals surface area contributed by atoms with Gasteiger partial charge in [-0.2, -0.15) is 0 Å². The van der Waals surface area contributed by atoms with Crippen molar-refractivity contribution in [3.05, 3.63) is 53.8 Å². The number of hydrogen-bond acceptors (Lipinski definition) is 4. The van der Waals surface area contributed by atoms with Crippen molar-refractivity contribution in [1.29, 1.82) is 0 Å². The van der Waals surface area contributed by atoms with Gasteiger partial charge in [0.05, 0.1) is 20.3 Å². The van der Waals surface area contributed by atoms with E-state index in [1.165, 1.54) is 6.07 Å². The van der Waals surface area contributed by atoms with Crippen LogP contribution in [-0.4, -0.2) is 58.3 Å². The minimum Gasteiger partial charge on any atom is -0.378 e. The quantitative estimate of drug-likeness (QED) is 0.632. The number of nitrogens with zero attached hydrogens (tertiary/aromatic N) is 1. The Labute approximate surface area is 175 Å². The van der Waals surface area contributed by atoms with Gasteiger partial charge in [-0.1, -0.05) is 6.07 Å². The standard InChI is InChI=1S/C22H27FN4O3/c1-16-3-4-18(13-20(16)23)25-22(29)15-26(2)14-21(28)24-17-5-7-19(8-6-17)27-9-11-30-12-10-27/h3-8,13H,9-12,14-15H2,1-2H3,(H,24,28)(H,25,29)/p+1. The van der Waals surface area contributed by atoms with Gasteiger partial charge in [0.1, 0.15) is 5.82 Å². The Hall–Kier alpha value is -2.97. The fourth-order valence-electron chi connectivity index (χ4n) is 3.27. The van der Waals surface area contributed by atoms with Crippen molar-refractivity contribution in [2.45, 2.75) is 6.92 Å². The normalized spacial score (nSPS) is 14.8. The van der Waals surface area contributed by atoms with Crippen LogP contribution in [-0.2, 0) is 14.3 Å².